The summed E-state index contributed by atoms with van der Waals surface area (Å²) < 4.78 is 9.89. The minimum atomic E-state index is -1.70. The minimum Gasteiger partial charge on any atom is -0.381 e. The summed E-state index contributed by atoms with van der Waals surface area (Å²) in [6.45, 7) is 41.8. The Bertz CT molecular complexity index is 1050. The Morgan fingerprint density at radius 1 is 0.690 bits per heavy atom. The summed E-state index contributed by atoms with van der Waals surface area (Å²) in [4.78, 5) is 0. The Kier molecular flexibility index (Phi) is 15.5. The van der Waals surface area contributed by atoms with E-state index in [4.69, 9.17) is 9.47 Å². The molecule has 2 aliphatic rings. The molecule has 2 nitrogen and oxygen atoms in total. The quantitative estimate of drug-likeness (QED) is 0.181. The van der Waals surface area contributed by atoms with E-state index in [1.807, 2.05) is 0 Å². The largest absolute Gasteiger partial charge is 0.381 e. The van der Waals surface area contributed by atoms with Crippen molar-refractivity contribution < 1.29 is 42.2 Å². The van der Waals surface area contributed by atoms with E-state index in [2.05, 4.69) is 115 Å². The fourth-order valence-electron chi connectivity index (χ4n) is 5.89. The average molecular weight is 688 g/mol. The summed E-state index contributed by atoms with van der Waals surface area (Å²) in [6.07, 6.45) is 5.11. The molecule has 0 amide bonds. The first kappa shape index (κ1) is 40.3. The van der Waals surface area contributed by atoms with Gasteiger partial charge in [0.25, 0.3) is 0 Å². The molecule has 2 heterocycles. The van der Waals surface area contributed by atoms with E-state index in [1.165, 1.54) is 53.5 Å². The summed E-state index contributed by atoms with van der Waals surface area (Å²) in [5.74, 6) is 0. The smallest absolute Gasteiger partial charge is 0.0495 e. The molecular formula is C37H63O2PSiY-2. The monoisotopic (exact) mass is 687 g/mol. The number of hydrogen-bond acceptors (Lipinski definition) is 2. The van der Waals surface area contributed by atoms with Crippen LogP contribution < -0.4 is 10.5 Å². The van der Waals surface area contributed by atoms with Gasteiger partial charge in [0.05, 0.1) is 0 Å². The molecule has 0 bridgehead atoms. The Hall–Kier alpha value is 0.241. The van der Waals surface area contributed by atoms with E-state index in [0.717, 1.165) is 34.6 Å². The normalized spacial score (nSPS) is 16.2. The van der Waals surface area contributed by atoms with Crippen LogP contribution in [-0.2, 0) is 58.4 Å². The van der Waals surface area contributed by atoms with Gasteiger partial charge in [0.15, 0.2) is 0 Å². The van der Waals surface area contributed by atoms with E-state index in [0.29, 0.717) is 0 Å². The van der Waals surface area contributed by atoms with E-state index >= 15 is 0 Å². The van der Waals surface area contributed by atoms with Crippen LogP contribution in [0, 0.1) is 34.6 Å². The van der Waals surface area contributed by atoms with Crippen LogP contribution in [0.15, 0.2) is 12.1 Å². The van der Waals surface area contributed by atoms with Crippen molar-refractivity contribution in [3.8, 4) is 0 Å². The van der Waals surface area contributed by atoms with Crippen molar-refractivity contribution in [3.05, 3.63) is 58.0 Å². The SMILES string of the molecule is C1CCOC1.C1CCOC1.[CH2-]C(C)(C)c1cc(C(C)(C)C)cc(C(C)(C)C)c1P[Si](C)(C)[c-]1c(C)c(C)c(C)c1C.[Y]. The second-order valence-electron chi connectivity index (χ2n) is 15.6. The molecule has 1 radical (unpaired) electrons. The molecule has 2 aliphatic heterocycles. The number of hydrogen-bond donors (Lipinski definition) is 0. The van der Waals surface area contributed by atoms with Crippen molar-refractivity contribution in [2.75, 3.05) is 26.4 Å². The standard InChI is InChI=1S/C29H47PSi.2C4H8O.Y/c1-18-19(2)21(4)26(20(18)3)31(14,15)30-25-23(28(8,9)10)16-22(27(5,6)7)17-24(25)29(11,12)13;2*1-2-4-5-3-1;/h16-17,30H,8H2,1-7,9-15H3;2*1-4H2;/q-2;;;. The third-order valence-electron chi connectivity index (χ3n) is 8.70. The van der Waals surface area contributed by atoms with Crippen LogP contribution in [-0.4, -0.2) is 34.2 Å². The van der Waals surface area contributed by atoms with Crippen molar-refractivity contribution in [2.45, 2.75) is 138 Å². The van der Waals surface area contributed by atoms with Crippen LogP contribution in [0.25, 0.3) is 0 Å². The maximum absolute atomic E-state index is 4.94. The fraction of sp³-hybridized carbons (Fsp3) is 0.676. The van der Waals surface area contributed by atoms with Gasteiger partial charge in [-0.25, -0.2) is 0 Å². The molecule has 4 rings (SSSR count). The molecule has 0 saturated carbocycles. The predicted molar refractivity (Wildman–Crippen MR) is 188 cm³/mol. The molecule has 2 aromatic carbocycles. The molecule has 0 N–H and O–H groups in total. The van der Waals surface area contributed by atoms with E-state index in [1.54, 1.807) is 21.6 Å². The Labute approximate surface area is 289 Å². The number of rotatable bonds is 4. The van der Waals surface area contributed by atoms with E-state index in [9.17, 15) is 0 Å². The first-order chi connectivity index (χ1) is 18.7. The van der Waals surface area contributed by atoms with Gasteiger partial charge in [-0.1, -0.05) is 114 Å². The zero-order chi connectivity index (χ0) is 31.4. The molecule has 2 saturated heterocycles. The third kappa shape index (κ3) is 10.9. The topological polar surface area (TPSA) is 18.5 Å². The Morgan fingerprint density at radius 2 is 1.07 bits per heavy atom. The Balaban J connectivity index is 0.000000668. The van der Waals surface area contributed by atoms with Gasteiger partial charge in [-0.05, 0) is 52.9 Å². The van der Waals surface area contributed by atoms with Gasteiger partial charge in [-0.3, -0.25) is 0 Å². The van der Waals surface area contributed by atoms with Crippen LogP contribution in [0.4, 0.5) is 0 Å². The average Bonchev–Trinajstić information content (AvgIpc) is 3.62. The molecule has 5 heteroatoms. The van der Waals surface area contributed by atoms with Crippen molar-refractivity contribution in [1.29, 1.82) is 0 Å². The molecule has 42 heavy (non-hydrogen) atoms. The fourth-order valence-corrected chi connectivity index (χ4v) is 14.2. The maximum atomic E-state index is 4.94. The summed E-state index contributed by atoms with van der Waals surface area (Å²) in [7, 11) is -0.869. The van der Waals surface area contributed by atoms with Crippen molar-refractivity contribution in [1.82, 2.24) is 0 Å². The molecular weight excluding hydrogens is 624 g/mol. The second-order valence-corrected chi connectivity index (χ2v) is 24.6. The van der Waals surface area contributed by atoms with Gasteiger partial charge >= 0.3 is 0 Å². The maximum Gasteiger partial charge on any atom is 0.0495 e. The van der Waals surface area contributed by atoms with Crippen molar-refractivity contribution in [2.24, 2.45) is 0 Å². The van der Waals surface area contributed by atoms with Crippen LogP contribution in [0.3, 0.4) is 0 Å². The van der Waals surface area contributed by atoms with Crippen LogP contribution in [0.1, 0.15) is 120 Å². The first-order valence-electron chi connectivity index (χ1n) is 15.9. The summed E-state index contributed by atoms with van der Waals surface area (Å²) in [5, 5.41) is 3.28. The number of benzene rings is 1. The summed E-state index contributed by atoms with van der Waals surface area (Å²) in [5.41, 5.74) is 10.6. The zero-order valence-electron chi connectivity index (χ0n) is 29.9. The number of ether oxygens (including phenoxy) is 2. The van der Waals surface area contributed by atoms with E-state index in [-0.39, 0.29) is 49.0 Å². The molecule has 1 unspecified atom stereocenters. The second kappa shape index (κ2) is 16.2. The van der Waals surface area contributed by atoms with Gasteiger partial charge in [-0.15, -0.1) is 18.7 Å². The molecule has 237 valence electrons. The van der Waals surface area contributed by atoms with Crippen molar-refractivity contribution >= 4 is 26.4 Å². The molecule has 2 fully saturated rings. The van der Waals surface area contributed by atoms with Gasteiger partial charge in [-0.2, -0.15) is 22.3 Å². The zero-order valence-corrected chi connectivity index (χ0v) is 34.8. The van der Waals surface area contributed by atoms with Gasteiger partial charge in [0.2, 0.25) is 0 Å². The van der Waals surface area contributed by atoms with E-state index < -0.39 is 7.74 Å². The van der Waals surface area contributed by atoms with Gasteiger partial charge < -0.3 is 16.4 Å². The molecule has 2 aromatic rings. The molecule has 1 atom stereocenters. The van der Waals surface area contributed by atoms with Crippen molar-refractivity contribution in [3.63, 3.8) is 0 Å². The third-order valence-corrected chi connectivity index (χ3v) is 15.5. The molecule has 0 aliphatic carbocycles. The summed E-state index contributed by atoms with van der Waals surface area (Å²) in [6, 6.07) is 5.00. The van der Waals surface area contributed by atoms with Crippen LogP contribution in [0.5, 0.6) is 0 Å². The van der Waals surface area contributed by atoms with Crippen LogP contribution >= 0.6 is 8.13 Å². The van der Waals surface area contributed by atoms with Crippen LogP contribution in [0.2, 0.25) is 13.1 Å². The van der Waals surface area contributed by atoms with Gasteiger partial charge in [0, 0.05) is 66.9 Å². The van der Waals surface area contributed by atoms with Gasteiger partial charge in [0.1, 0.15) is 0 Å². The molecule has 0 aromatic heterocycles. The summed E-state index contributed by atoms with van der Waals surface area (Å²) >= 11 is 0. The molecule has 0 spiro atoms. The Morgan fingerprint density at radius 3 is 1.36 bits per heavy atom. The first-order valence-corrected chi connectivity index (χ1v) is 20.9. The predicted octanol–water partition coefficient (Wildman–Crippen LogP) is 9.35. The minimum absolute atomic E-state index is 0.